The lowest BCUT2D eigenvalue weighted by molar-refractivity contribution is -0.118. The lowest BCUT2D eigenvalue weighted by Crippen LogP contribution is -2.33. The molecular formula is C42H52N4O8S. The molecule has 1 N–H and O–H groups in total. The van der Waals surface area contributed by atoms with E-state index < -0.39 is 29.7 Å². The van der Waals surface area contributed by atoms with Crippen LogP contribution in [0, 0.1) is 0 Å². The van der Waals surface area contributed by atoms with E-state index in [9.17, 15) is 19.2 Å². The number of Topliss-reactive ketones (excluding diaryl/α,β-unsaturated/α-hetero) is 1. The molecule has 55 heavy (non-hydrogen) atoms. The van der Waals surface area contributed by atoms with E-state index in [1.807, 2.05) is 12.1 Å². The fraction of sp³-hybridized carbons (Fsp3) is 0.429. The summed E-state index contributed by atoms with van der Waals surface area (Å²) >= 11 is 1.30. The topological polar surface area (TPSA) is 148 Å². The molecular weight excluding hydrogens is 721 g/mol. The lowest BCUT2D eigenvalue weighted by atomic mass is 10.0. The van der Waals surface area contributed by atoms with Gasteiger partial charge in [0, 0.05) is 11.3 Å². The van der Waals surface area contributed by atoms with Gasteiger partial charge in [-0.1, -0.05) is 88.6 Å². The van der Waals surface area contributed by atoms with E-state index in [1.54, 1.807) is 55.5 Å². The van der Waals surface area contributed by atoms with E-state index in [-0.39, 0.29) is 16.8 Å². The van der Waals surface area contributed by atoms with Crippen molar-refractivity contribution in [3.8, 4) is 11.5 Å². The Labute approximate surface area is 327 Å². The molecule has 4 rings (SSSR count). The first-order chi connectivity index (χ1) is 26.8. The highest BCUT2D eigenvalue weighted by Gasteiger charge is 2.32. The fourth-order valence-corrected chi connectivity index (χ4v) is 6.55. The number of nitrogens with one attached hydrogen (secondary N) is 1. The summed E-state index contributed by atoms with van der Waals surface area (Å²) in [6.45, 7) is 4.56. The standard InChI is InChI=1S/C42H52N4O8S/c1-5-7-8-9-10-11-12-13-14-15-26-54-41(50)33-22-25-36(52-4)35(27-33)44-39(48)37(38(47)31-20-23-34(51-3)24-21-31)46-29-43-42(45-46)55-28-30-16-18-32(19-17-30)40(49)53-6-2/h16-25,27,29,37H,5-15,26,28H2,1-4H3,(H,44,48). The molecule has 0 radical (unpaired) electrons. The van der Waals surface area contributed by atoms with Crippen LogP contribution in [0.25, 0.3) is 0 Å². The van der Waals surface area contributed by atoms with Crippen molar-refractivity contribution in [1.29, 1.82) is 0 Å². The average Bonchev–Trinajstić information content (AvgIpc) is 3.67. The van der Waals surface area contributed by atoms with Crippen LogP contribution in [-0.2, 0) is 20.0 Å². The Hall–Kier alpha value is -5.17. The Morgan fingerprint density at radius 3 is 1.98 bits per heavy atom. The SMILES string of the molecule is CCCCCCCCCCCCOC(=O)c1ccc(OC)c(NC(=O)C(C(=O)c2ccc(OC)cc2)n2cnc(SCc3ccc(C(=O)OCC)cc3)n2)c1. The highest BCUT2D eigenvalue weighted by Crippen LogP contribution is 2.29. The van der Waals surface area contributed by atoms with Gasteiger partial charge in [-0.3, -0.25) is 9.59 Å². The molecule has 1 unspecified atom stereocenters. The Kier molecular flexibility index (Phi) is 17.7. The van der Waals surface area contributed by atoms with E-state index in [0.717, 1.165) is 24.8 Å². The molecule has 0 aliphatic heterocycles. The average molecular weight is 773 g/mol. The predicted octanol–water partition coefficient (Wildman–Crippen LogP) is 8.90. The Bertz CT molecular complexity index is 1830. The first-order valence-corrected chi connectivity index (χ1v) is 19.9. The van der Waals surface area contributed by atoms with Crippen LogP contribution in [0.3, 0.4) is 0 Å². The summed E-state index contributed by atoms with van der Waals surface area (Å²) in [5.41, 5.74) is 2.04. The molecule has 4 aromatic rings. The van der Waals surface area contributed by atoms with Crippen molar-refractivity contribution < 1.29 is 38.1 Å². The number of esters is 2. The summed E-state index contributed by atoms with van der Waals surface area (Å²) in [6, 6.07) is 16.6. The Balaban J connectivity index is 1.43. The number of benzene rings is 3. The van der Waals surface area contributed by atoms with Gasteiger partial charge in [0.25, 0.3) is 5.91 Å². The van der Waals surface area contributed by atoms with Crippen LogP contribution in [0.1, 0.15) is 121 Å². The monoisotopic (exact) mass is 772 g/mol. The summed E-state index contributed by atoms with van der Waals surface area (Å²) in [5.74, 6) is -0.859. The highest BCUT2D eigenvalue weighted by molar-refractivity contribution is 7.98. The van der Waals surface area contributed by atoms with Crippen molar-refractivity contribution in [3.63, 3.8) is 0 Å². The number of hydrogen-bond acceptors (Lipinski definition) is 11. The van der Waals surface area contributed by atoms with Crippen molar-refractivity contribution >= 4 is 41.1 Å². The number of ketones is 1. The van der Waals surface area contributed by atoms with Crippen LogP contribution in [0.5, 0.6) is 11.5 Å². The third-order valence-electron chi connectivity index (χ3n) is 8.88. The van der Waals surface area contributed by atoms with Crippen molar-refractivity contribution in [2.24, 2.45) is 0 Å². The molecule has 12 nitrogen and oxygen atoms in total. The number of hydrogen-bond donors (Lipinski definition) is 1. The van der Waals surface area contributed by atoms with Crippen LogP contribution in [-0.4, -0.2) is 65.8 Å². The van der Waals surface area contributed by atoms with Gasteiger partial charge in [-0.15, -0.1) is 5.10 Å². The Morgan fingerprint density at radius 2 is 1.35 bits per heavy atom. The van der Waals surface area contributed by atoms with Crippen molar-refractivity contribution in [2.75, 3.05) is 32.8 Å². The van der Waals surface area contributed by atoms with Gasteiger partial charge in [0.1, 0.15) is 17.8 Å². The molecule has 0 fully saturated rings. The number of aromatic nitrogens is 3. The fourth-order valence-electron chi connectivity index (χ4n) is 5.79. The van der Waals surface area contributed by atoms with Crippen molar-refractivity contribution in [2.45, 2.75) is 95.0 Å². The summed E-state index contributed by atoms with van der Waals surface area (Å²) in [6.07, 6.45) is 13.1. The molecule has 0 saturated heterocycles. The number of anilines is 1. The molecule has 0 aliphatic rings. The minimum Gasteiger partial charge on any atom is -0.497 e. The van der Waals surface area contributed by atoms with E-state index >= 15 is 0 Å². The number of ether oxygens (including phenoxy) is 4. The van der Waals surface area contributed by atoms with Gasteiger partial charge in [0.2, 0.25) is 5.16 Å². The molecule has 0 spiro atoms. The molecule has 0 saturated carbocycles. The normalized spacial score (nSPS) is 11.4. The molecule has 0 aliphatic carbocycles. The zero-order chi connectivity index (χ0) is 39.4. The maximum Gasteiger partial charge on any atom is 0.338 e. The van der Waals surface area contributed by atoms with Gasteiger partial charge in [-0.05, 0) is 73.5 Å². The molecule has 13 heteroatoms. The summed E-state index contributed by atoms with van der Waals surface area (Å²) in [5, 5.41) is 7.60. The molecule has 1 amide bonds. The van der Waals surface area contributed by atoms with Gasteiger partial charge in [-0.25, -0.2) is 19.3 Å². The van der Waals surface area contributed by atoms with Gasteiger partial charge in [0.15, 0.2) is 11.8 Å². The molecule has 294 valence electrons. The molecule has 0 bridgehead atoms. The number of rotatable bonds is 24. The minimum absolute atomic E-state index is 0.189. The second-order valence-electron chi connectivity index (χ2n) is 12.9. The Morgan fingerprint density at radius 1 is 0.727 bits per heavy atom. The van der Waals surface area contributed by atoms with Crippen LogP contribution in [0.2, 0.25) is 0 Å². The largest absolute Gasteiger partial charge is 0.497 e. The van der Waals surface area contributed by atoms with Gasteiger partial charge >= 0.3 is 11.9 Å². The number of carbonyl (C=O) groups excluding carboxylic acids is 4. The zero-order valence-electron chi connectivity index (χ0n) is 32.2. The maximum absolute atomic E-state index is 14.0. The van der Waals surface area contributed by atoms with Crippen molar-refractivity contribution in [3.05, 3.63) is 95.3 Å². The van der Waals surface area contributed by atoms with E-state index in [2.05, 4.69) is 22.3 Å². The third kappa shape index (κ3) is 13.3. The number of methoxy groups -OCH3 is 2. The predicted molar refractivity (Wildman–Crippen MR) is 212 cm³/mol. The van der Waals surface area contributed by atoms with E-state index in [0.29, 0.717) is 41.2 Å². The maximum atomic E-state index is 14.0. The van der Waals surface area contributed by atoms with Gasteiger partial charge in [0.05, 0.1) is 44.2 Å². The smallest absolute Gasteiger partial charge is 0.338 e. The quantitative estimate of drug-likeness (QED) is 0.0239. The minimum atomic E-state index is -1.46. The number of carbonyl (C=O) groups is 4. The summed E-state index contributed by atoms with van der Waals surface area (Å²) < 4.78 is 22.5. The summed E-state index contributed by atoms with van der Waals surface area (Å²) in [7, 11) is 2.96. The molecule has 1 aromatic heterocycles. The van der Waals surface area contributed by atoms with Crippen molar-refractivity contribution in [1.82, 2.24) is 14.8 Å². The van der Waals surface area contributed by atoms with Gasteiger partial charge < -0.3 is 24.3 Å². The first kappa shape index (κ1) is 42.6. The summed E-state index contributed by atoms with van der Waals surface area (Å²) in [4.78, 5) is 57.4. The molecule has 1 heterocycles. The van der Waals surface area contributed by atoms with Crippen LogP contribution in [0.4, 0.5) is 5.69 Å². The van der Waals surface area contributed by atoms with Crippen LogP contribution < -0.4 is 14.8 Å². The first-order valence-electron chi connectivity index (χ1n) is 18.9. The number of nitrogens with zero attached hydrogens (tertiary/aromatic N) is 3. The lowest BCUT2D eigenvalue weighted by Gasteiger charge is -2.18. The number of unbranched alkanes of at least 4 members (excludes halogenated alkanes) is 9. The van der Waals surface area contributed by atoms with Crippen LogP contribution in [0.15, 0.2) is 78.2 Å². The second kappa shape index (κ2) is 22.9. The van der Waals surface area contributed by atoms with E-state index in [4.69, 9.17) is 18.9 Å². The second-order valence-corrected chi connectivity index (χ2v) is 13.9. The third-order valence-corrected chi connectivity index (χ3v) is 9.80. The number of thioether (sulfide) groups is 1. The molecule has 1 atom stereocenters. The van der Waals surface area contributed by atoms with E-state index in [1.165, 1.54) is 88.0 Å². The highest BCUT2D eigenvalue weighted by atomic mass is 32.2. The zero-order valence-corrected chi connectivity index (χ0v) is 33.0. The van der Waals surface area contributed by atoms with Gasteiger partial charge in [-0.2, -0.15) is 0 Å². The number of amides is 1. The molecule has 3 aromatic carbocycles. The van der Waals surface area contributed by atoms with Crippen LogP contribution >= 0.6 is 11.8 Å².